The zero-order chi connectivity index (χ0) is 15.1. The summed E-state index contributed by atoms with van der Waals surface area (Å²) in [6, 6.07) is 9.26. The summed E-state index contributed by atoms with van der Waals surface area (Å²) in [5, 5.41) is 6.03. The Bertz CT molecular complexity index is 598. The number of nitrogen functional groups attached to an aromatic ring is 1. The number of nitrogens with one attached hydrogen (secondary N) is 2. The molecule has 0 aliphatic rings. The van der Waals surface area contributed by atoms with Crippen LogP contribution in [0.15, 0.2) is 42.7 Å². The monoisotopic (exact) mass is 284 g/mol. The van der Waals surface area contributed by atoms with Crippen LogP contribution in [0, 0.1) is 0 Å². The smallest absolute Gasteiger partial charge is 0.251 e. The van der Waals surface area contributed by atoms with Crippen LogP contribution >= 0.6 is 0 Å². The molecule has 2 rings (SSSR count). The molecule has 1 aromatic carbocycles. The second kappa shape index (κ2) is 7.28. The number of hydrogen-bond donors (Lipinski definition) is 3. The Morgan fingerprint density at radius 2 is 2.19 bits per heavy atom. The fraction of sp³-hybridized carbons (Fsp3) is 0.250. The Kier molecular flexibility index (Phi) is 5.15. The van der Waals surface area contributed by atoms with Gasteiger partial charge in [-0.05, 0) is 43.2 Å². The SMILES string of the molecule is CCNC(=O)c1ccc(NCCc2cccnc2)c(N)c1. The lowest BCUT2D eigenvalue weighted by atomic mass is 10.1. The molecule has 0 atom stereocenters. The van der Waals surface area contributed by atoms with E-state index >= 15 is 0 Å². The lowest BCUT2D eigenvalue weighted by Gasteiger charge is -2.11. The minimum Gasteiger partial charge on any atom is -0.397 e. The molecule has 0 saturated carbocycles. The maximum Gasteiger partial charge on any atom is 0.251 e. The van der Waals surface area contributed by atoms with E-state index in [0.717, 1.165) is 18.7 Å². The van der Waals surface area contributed by atoms with E-state index in [-0.39, 0.29) is 5.91 Å². The number of benzene rings is 1. The Labute approximate surface area is 124 Å². The number of rotatable bonds is 6. The molecule has 0 saturated heterocycles. The van der Waals surface area contributed by atoms with Crippen molar-refractivity contribution in [2.24, 2.45) is 0 Å². The lowest BCUT2D eigenvalue weighted by Crippen LogP contribution is -2.22. The molecular weight excluding hydrogens is 264 g/mol. The van der Waals surface area contributed by atoms with Crippen molar-refractivity contribution in [3.8, 4) is 0 Å². The summed E-state index contributed by atoms with van der Waals surface area (Å²) in [5.41, 5.74) is 9.14. The van der Waals surface area contributed by atoms with Crippen LogP contribution in [0.25, 0.3) is 0 Å². The highest BCUT2D eigenvalue weighted by atomic mass is 16.1. The zero-order valence-corrected chi connectivity index (χ0v) is 12.1. The predicted octanol–water partition coefficient (Wildman–Crippen LogP) is 2.07. The number of anilines is 2. The molecule has 1 aromatic heterocycles. The second-order valence-corrected chi connectivity index (χ2v) is 4.70. The Hall–Kier alpha value is -2.56. The topological polar surface area (TPSA) is 80.0 Å². The van der Waals surface area contributed by atoms with Gasteiger partial charge in [0.15, 0.2) is 0 Å². The summed E-state index contributed by atoms with van der Waals surface area (Å²) in [5.74, 6) is -0.105. The molecule has 4 N–H and O–H groups in total. The molecule has 0 aliphatic carbocycles. The van der Waals surface area contributed by atoms with Crippen LogP contribution in [0.1, 0.15) is 22.8 Å². The third kappa shape index (κ3) is 4.21. The minimum atomic E-state index is -0.105. The van der Waals surface area contributed by atoms with Gasteiger partial charge in [0.1, 0.15) is 0 Å². The van der Waals surface area contributed by atoms with Crippen molar-refractivity contribution in [3.63, 3.8) is 0 Å². The molecule has 0 aliphatic heterocycles. The molecule has 2 aromatic rings. The Morgan fingerprint density at radius 3 is 2.86 bits per heavy atom. The molecule has 0 fully saturated rings. The van der Waals surface area contributed by atoms with E-state index in [9.17, 15) is 4.79 Å². The van der Waals surface area contributed by atoms with Gasteiger partial charge < -0.3 is 16.4 Å². The van der Waals surface area contributed by atoms with Crippen molar-refractivity contribution < 1.29 is 4.79 Å². The number of carbonyl (C=O) groups excluding carboxylic acids is 1. The maximum absolute atomic E-state index is 11.7. The van der Waals surface area contributed by atoms with Gasteiger partial charge in [-0.25, -0.2) is 0 Å². The zero-order valence-electron chi connectivity index (χ0n) is 12.1. The van der Waals surface area contributed by atoms with E-state index in [1.807, 2.05) is 31.3 Å². The van der Waals surface area contributed by atoms with Crippen molar-refractivity contribution in [2.45, 2.75) is 13.3 Å². The van der Waals surface area contributed by atoms with Crippen LogP contribution in [0.4, 0.5) is 11.4 Å². The quantitative estimate of drug-likeness (QED) is 0.709. The predicted molar refractivity (Wildman–Crippen MR) is 85.3 cm³/mol. The van der Waals surface area contributed by atoms with Crippen molar-refractivity contribution >= 4 is 17.3 Å². The van der Waals surface area contributed by atoms with Gasteiger partial charge in [-0.15, -0.1) is 0 Å². The summed E-state index contributed by atoms with van der Waals surface area (Å²) in [7, 11) is 0. The summed E-state index contributed by atoms with van der Waals surface area (Å²) in [6.07, 6.45) is 4.48. The Balaban J connectivity index is 1.93. The van der Waals surface area contributed by atoms with Gasteiger partial charge in [0.05, 0.1) is 11.4 Å². The van der Waals surface area contributed by atoms with Gasteiger partial charge in [-0.2, -0.15) is 0 Å². The molecule has 0 bridgehead atoms. The molecule has 1 amide bonds. The van der Waals surface area contributed by atoms with Crippen molar-refractivity contribution in [1.29, 1.82) is 0 Å². The third-order valence-corrected chi connectivity index (χ3v) is 3.10. The first-order valence-electron chi connectivity index (χ1n) is 7.01. The summed E-state index contributed by atoms with van der Waals surface area (Å²) in [4.78, 5) is 15.8. The van der Waals surface area contributed by atoms with Crippen LogP contribution in [-0.4, -0.2) is 24.0 Å². The average Bonchev–Trinajstić information content (AvgIpc) is 2.50. The van der Waals surface area contributed by atoms with Crippen LogP contribution in [0.2, 0.25) is 0 Å². The Morgan fingerprint density at radius 1 is 1.33 bits per heavy atom. The molecule has 0 unspecified atom stereocenters. The van der Waals surface area contributed by atoms with Gasteiger partial charge >= 0.3 is 0 Å². The van der Waals surface area contributed by atoms with Gasteiger partial charge in [0.25, 0.3) is 5.91 Å². The van der Waals surface area contributed by atoms with Gasteiger partial charge in [-0.1, -0.05) is 6.07 Å². The second-order valence-electron chi connectivity index (χ2n) is 4.70. The van der Waals surface area contributed by atoms with E-state index < -0.39 is 0 Å². The van der Waals surface area contributed by atoms with E-state index in [2.05, 4.69) is 15.6 Å². The highest BCUT2D eigenvalue weighted by molar-refractivity contribution is 5.96. The number of amides is 1. The van der Waals surface area contributed by atoms with Gasteiger partial charge in [0.2, 0.25) is 0 Å². The van der Waals surface area contributed by atoms with E-state index in [1.165, 1.54) is 5.56 Å². The van der Waals surface area contributed by atoms with Crippen molar-refractivity contribution in [2.75, 3.05) is 24.1 Å². The number of pyridine rings is 1. The standard InChI is InChI=1S/C16H20N4O/c1-2-19-16(21)13-5-6-15(14(17)10-13)20-9-7-12-4-3-8-18-11-12/h3-6,8,10-11,20H,2,7,9,17H2,1H3,(H,19,21). The van der Waals surface area contributed by atoms with Crippen LogP contribution < -0.4 is 16.4 Å². The number of nitrogens with zero attached hydrogens (tertiary/aromatic N) is 1. The average molecular weight is 284 g/mol. The fourth-order valence-corrected chi connectivity index (χ4v) is 2.02. The molecule has 1 heterocycles. The van der Waals surface area contributed by atoms with E-state index in [0.29, 0.717) is 17.8 Å². The van der Waals surface area contributed by atoms with Crippen LogP contribution in [0.3, 0.4) is 0 Å². The molecule has 5 heteroatoms. The molecule has 0 radical (unpaired) electrons. The maximum atomic E-state index is 11.7. The molecule has 5 nitrogen and oxygen atoms in total. The molecule has 0 spiro atoms. The first-order chi connectivity index (χ1) is 10.2. The van der Waals surface area contributed by atoms with E-state index in [4.69, 9.17) is 5.73 Å². The third-order valence-electron chi connectivity index (χ3n) is 3.10. The lowest BCUT2D eigenvalue weighted by molar-refractivity contribution is 0.0956. The largest absolute Gasteiger partial charge is 0.397 e. The molecule has 110 valence electrons. The number of carbonyl (C=O) groups is 1. The van der Waals surface area contributed by atoms with Crippen LogP contribution in [-0.2, 0) is 6.42 Å². The summed E-state index contributed by atoms with van der Waals surface area (Å²) >= 11 is 0. The molecule has 21 heavy (non-hydrogen) atoms. The van der Waals surface area contributed by atoms with Crippen molar-refractivity contribution in [1.82, 2.24) is 10.3 Å². The first-order valence-corrected chi connectivity index (χ1v) is 7.01. The number of hydrogen-bond acceptors (Lipinski definition) is 4. The first kappa shape index (κ1) is 14.8. The fourth-order valence-electron chi connectivity index (χ4n) is 2.02. The van der Waals surface area contributed by atoms with Gasteiger partial charge in [-0.3, -0.25) is 9.78 Å². The summed E-state index contributed by atoms with van der Waals surface area (Å²) in [6.45, 7) is 3.25. The van der Waals surface area contributed by atoms with E-state index in [1.54, 1.807) is 18.3 Å². The minimum absolute atomic E-state index is 0.105. The number of nitrogens with two attached hydrogens (primary N) is 1. The van der Waals surface area contributed by atoms with Crippen molar-refractivity contribution in [3.05, 3.63) is 53.9 Å². The molecular formula is C16H20N4O. The van der Waals surface area contributed by atoms with Gasteiger partial charge in [0, 0.05) is 31.0 Å². The normalized spacial score (nSPS) is 10.1. The summed E-state index contributed by atoms with van der Waals surface area (Å²) < 4.78 is 0. The highest BCUT2D eigenvalue weighted by Crippen LogP contribution is 2.19. The highest BCUT2D eigenvalue weighted by Gasteiger charge is 2.06. The number of aromatic nitrogens is 1. The van der Waals surface area contributed by atoms with Crippen LogP contribution in [0.5, 0.6) is 0 Å².